The van der Waals surface area contributed by atoms with Crippen LogP contribution in [-0.4, -0.2) is 34.4 Å². The Labute approximate surface area is 147 Å². The average molecular weight is 337 g/mol. The number of rotatable bonds is 3. The zero-order chi connectivity index (χ0) is 17.6. The van der Waals surface area contributed by atoms with Crippen LogP contribution in [0.4, 0.5) is 5.69 Å². The number of aliphatic hydroxyl groups is 1. The highest BCUT2D eigenvalue weighted by Crippen LogP contribution is 2.33. The van der Waals surface area contributed by atoms with Crippen LogP contribution in [0.15, 0.2) is 35.0 Å². The van der Waals surface area contributed by atoms with Gasteiger partial charge in [0.2, 0.25) is 0 Å². The van der Waals surface area contributed by atoms with Gasteiger partial charge in [-0.15, -0.1) is 0 Å². The summed E-state index contributed by atoms with van der Waals surface area (Å²) in [6, 6.07) is 8.28. The molecule has 0 amide bonds. The van der Waals surface area contributed by atoms with Crippen LogP contribution < -0.4 is 4.90 Å². The van der Waals surface area contributed by atoms with Crippen LogP contribution in [-0.2, 0) is 6.42 Å². The zero-order valence-electron chi connectivity index (χ0n) is 14.9. The van der Waals surface area contributed by atoms with Crippen molar-refractivity contribution in [3.05, 3.63) is 53.0 Å². The van der Waals surface area contributed by atoms with Gasteiger partial charge in [0, 0.05) is 48.8 Å². The second-order valence-electron chi connectivity index (χ2n) is 7.10. The number of β-amino-alcohol motifs (C(OH)–C–C–N with tert-alkyl or cyclic N) is 1. The molecule has 1 aromatic carbocycles. The van der Waals surface area contributed by atoms with Crippen molar-refractivity contribution in [2.45, 2.75) is 33.3 Å². The van der Waals surface area contributed by atoms with E-state index in [9.17, 15) is 5.11 Å². The topological polar surface area (TPSA) is 62.4 Å². The monoisotopic (exact) mass is 337 g/mol. The first-order chi connectivity index (χ1) is 12.0. The van der Waals surface area contributed by atoms with E-state index in [1.807, 2.05) is 25.3 Å². The molecule has 0 radical (unpaired) electrons. The van der Waals surface area contributed by atoms with Gasteiger partial charge in [-0.2, -0.15) is 0 Å². The molecule has 1 saturated heterocycles. The largest absolute Gasteiger partial charge is 0.391 e. The first kappa shape index (κ1) is 16.1. The van der Waals surface area contributed by atoms with Gasteiger partial charge in [0.15, 0.2) is 0 Å². The molecule has 0 unspecified atom stereocenters. The standard InChI is InChI=1S/C20H23N3O2/c1-12-4-5-17-18(6-7-21-20(17)14(12)3)23-10-15(19(24)11-23)9-16-8-13(2)22-25-16/h4-8,15,19,24H,9-11H2,1-3H3/t15-,19+/m1/s1. The molecule has 2 atom stereocenters. The van der Waals surface area contributed by atoms with Gasteiger partial charge >= 0.3 is 0 Å². The molecule has 25 heavy (non-hydrogen) atoms. The average Bonchev–Trinajstić information content (AvgIpc) is 3.17. The summed E-state index contributed by atoms with van der Waals surface area (Å²) in [6.45, 7) is 7.56. The van der Waals surface area contributed by atoms with Crippen LogP contribution in [0.1, 0.15) is 22.6 Å². The Kier molecular flexibility index (Phi) is 3.96. The van der Waals surface area contributed by atoms with Gasteiger partial charge in [-0.25, -0.2) is 0 Å². The van der Waals surface area contributed by atoms with Crippen LogP contribution in [0.2, 0.25) is 0 Å². The summed E-state index contributed by atoms with van der Waals surface area (Å²) in [5.41, 5.74) is 5.53. The van der Waals surface area contributed by atoms with E-state index in [0.29, 0.717) is 13.0 Å². The molecule has 1 aliphatic heterocycles. The van der Waals surface area contributed by atoms with E-state index in [1.54, 1.807) is 0 Å². The number of aliphatic hydroxyl groups excluding tert-OH is 1. The second kappa shape index (κ2) is 6.15. The van der Waals surface area contributed by atoms with Crippen molar-refractivity contribution in [2.24, 2.45) is 5.92 Å². The van der Waals surface area contributed by atoms with E-state index in [0.717, 1.165) is 34.6 Å². The molecule has 1 N–H and O–H groups in total. The number of anilines is 1. The molecule has 0 saturated carbocycles. The van der Waals surface area contributed by atoms with E-state index in [1.165, 1.54) is 11.1 Å². The van der Waals surface area contributed by atoms with E-state index < -0.39 is 0 Å². The minimum atomic E-state index is -0.375. The first-order valence-electron chi connectivity index (χ1n) is 8.73. The molecule has 0 spiro atoms. The van der Waals surface area contributed by atoms with Crippen molar-refractivity contribution in [1.29, 1.82) is 0 Å². The third-order valence-corrected chi connectivity index (χ3v) is 5.30. The smallest absolute Gasteiger partial charge is 0.137 e. The van der Waals surface area contributed by atoms with Crippen molar-refractivity contribution in [2.75, 3.05) is 18.0 Å². The van der Waals surface area contributed by atoms with E-state index in [-0.39, 0.29) is 12.0 Å². The number of aryl methyl sites for hydroxylation is 3. The highest BCUT2D eigenvalue weighted by molar-refractivity contribution is 5.94. The highest BCUT2D eigenvalue weighted by atomic mass is 16.5. The van der Waals surface area contributed by atoms with Gasteiger partial charge < -0.3 is 14.5 Å². The van der Waals surface area contributed by atoms with Crippen LogP contribution in [0.25, 0.3) is 10.9 Å². The van der Waals surface area contributed by atoms with Gasteiger partial charge in [-0.05, 0) is 38.0 Å². The van der Waals surface area contributed by atoms with Crippen LogP contribution in [0.3, 0.4) is 0 Å². The Balaban J connectivity index is 1.63. The van der Waals surface area contributed by atoms with Gasteiger partial charge in [-0.1, -0.05) is 17.3 Å². The summed E-state index contributed by atoms with van der Waals surface area (Å²) in [4.78, 5) is 6.83. The van der Waals surface area contributed by atoms with Crippen LogP contribution in [0, 0.1) is 26.7 Å². The number of benzene rings is 1. The fourth-order valence-electron chi connectivity index (χ4n) is 3.74. The molecule has 0 aliphatic carbocycles. The summed E-state index contributed by atoms with van der Waals surface area (Å²) >= 11 is 0. The predicted molar refractivity (Wildman–Crippen MR) is 97.9 cm³/mol. The lowest BCUT2D eigenvalue weighted by molar-refractivity contribution is 0.143. The highest BCUT2D eigenvalue weighted by Gasteiger charge is 2.33. The number of nitrogens with zero attached hydrogens (tertiary/aromatic N) is 3. The number of fused-ring (bicyclic) bond motifs is 1. The molecular weight excluding hydrogens is 314 g/mol. The lowest BCUT2D eigenvalue weighted by Gasteiger charge is -2.21. The Hall–Kier alpha value is -2.40. The maximum atomic E-state index is 10.5. The molecule has 2 aromatic heterocycles. The quantitative estimate of drug-likeness (QED) is 0.795. The molecule has 3 heterocycles. The van der Waals surface area contributed by atoms with Crippen molar-refractivity contribution in [3.63, 3.8) is 0 Å². The summed E-state index contributed by atoms with van der Waals surface area (Å²) < 4.78 is 5.33. The summed E-state index contributed by atoms with van der Waals surface area (Å²) in [6.07, 6.45) is 2.20. The van der Waals surface area contributed by atoms with Crippen molar-refractivity contribution >= 4 is 16.6 Å². The molecule has 1 aliphatic rings. The molecule has 5 nitrogen and oxygen atoms in total. The van der Waals surface area contributed by atoms with Crippen LogP contribution >= 0.6 is 0 Å². The van der Waals surface area contributed by atoms with Crippen LogP contribution in [0.5, 0.6) is 0 Å². The van der Waals surface area contributed by atoms with Gasteiger partial charge in [-0.3, -0.25) is 4.98 Å². The summed E-state index contributed by atoms with van der Waals surface area (Å²) in [7, 11) is 0. The molecule has 3 aromatic rings. The molecular formula is C20H23N3O2. The lowest BCUT2D eigenvalue weighted by atomic mass is 10.0. The summed E-state index contributed by atoms with van der Waals surface area (Å²) in [5, 5.41) is 15.6. The SMILES string of the molecule is Cc1cc(C[C@@H]2CN(c3ccnc4c(C)c(C)ccc34)C[C@@H]2O)on1. The maximum Gasteiger partial charge on any atom is 0.137 e. The Morgan fingerprint density at radius 2 is 2.04 bits per heavy atom. The Bertz CT molecular complexity index is 918. The summed E-state index contributed by atoms with van der Waals surface area (Å²) in [5.74, 6) is 0.983. The minimum Gasteiger partial charge on any atom is -0.391 e. The fourth-order valence-corrected chi connectivity index (χ4v) is 3.74. The second-order valence-corrected chi connectivity index (χ2v) is 7.10. The number of hydrogen-bond donors (Lipinski definition) is 1. The number of hydrogen-bond acceptors (Lipinski definition) is 5. The molecule has 5 heteroatoms. The van der Waals surface area contributed by atoms with Crippen molar-refractivity contribution in [1.82, 2.24) is 10.1 Å². The van der Waals surface area contributed by atoms with E-state index in [2.05, 4.69) is 41.0 Å². The lowest BCUT2D eigenvalue weighted by Crippen LogP contribution is -2.21. The Morgan fingerprint density at radius 3 is 2.80 bits per heavy atom. The third-order valence-electron chi connectivity index (χ3n) is 5.30. The third kappa shape index (κ3) is 2.89. The number of pyridine rings is 1. The van der Waals surface area contributed by atoms with E-state index in [4.69, 9.17) is 4.52 Å². The van der Waals surface area contributed by atoms with Crippen molar-refractivity contribution < 1.29 is 9.63 Å². The predicted octanol–water partition coefficient (Wildman–Crippen LogP) is 3.19. The molecule has 0 bridgehead atoms. The van der Waals surface area contributed by atoms with Crippen molar-refractivity contribution in [3.8, 4) is 0 Å². The molecule has 130 valence electrons. The molecule has 1 fully saturated rings. The maximum absolute atomic E-state index is 10.5. The van der Waals surface area contributed by atoms with E-state index >= 15 is 0 Å². The first-order valence-corrected chi connectivity index (χ1v) is 8.73. The normalized spacial score (nSPS) is 20.6. The zero-order valence-corrected chi connectivity index (χ0v) is 14.9. The Morgan fingerprint density at radius 1 is 1.20 bits per heavy atom. The minimum absolute atomic E-state index is 0.141. The molecule has 4 rings (SSSR count). The number of aromatic nitrogens is 2. The van der Waals surface area contributed by atoms with Gasteiger partial charge in [0.25, 0.3) is 0 Å². The fraction of sp³-hybridized carbons (Fsp3) is 0.400. The van der Waals surface area contributed by atoms with Gasteiger partial charge in [0.05, 0.1) is 17.3 Å². The van der Waals surface area contributed by atoms with Gasteiger partial charge in [0.1, 0.15) is 5.76 Å².